The summed E-state index contributed by atoms with van der Waals surface area (Å²) in [6.45, 7) is 4.84. The van der Waals surface area contributed by atoms with Crippen molar-refractivity contribution >= 4 is 5.69 Å². The highest BCUT2D eigenvalue weighted by Gasteiger charge is 2.24. The lowest BCUT2D eigenvalue weighted by Gasteiger charge is -2.32. The van der Waals surface area contributed by atoms with Crippen molar-refractivity contribution in [1.82, 2.24) is 0 Å². The van der Waals surface area contributed by atoms with E-state index in [0.29, 0.717) is 24.9 Å². The van der Waals surface area contributed by atoms with Gasteiger partial charge in [0, 0.05) is 5.69 Å². The van der Waals surface area contributed by atoms with Gasteiger partial charge in [-0.3, -0.25) is 0 Å². The molecule has 0 aromatic heterocycles. The van der Waals surface area contributed by atoms with Gasteiger partial charge in [-0.2, -0.15) is 0 Å². The number of ether oxygens (including phenoxy) is 2. The zero-order valence-corrected chi connectivity index (χ0v) is 10.6. The van der Waals surface area contributed by atoms with Gasteiger partial charge in [0.15, 0.2) is 0 Å². The quantitative estimate of drug-likeness (QED) is 0.819. The Kier molecular flexibility index (Phi) is 4.02. The van der Waals surface area contributed by atoms with Gasteiger partial charge in [0.05, 0.1) is 24.9 Å². The molecule has 0 spiro atoms. The van der Waals surface area contributed by atoms with Crippen molar-refractivity contribution in [1.29, 1.82) is 0 Å². The maximum absolute atomic E-state index is 5.93. The van der Waals surface area contributed by atoms with Crippen LogP contribution in [0.2, 0.25) is 0 Å². The number of nitrogens with two attached hydrogens (primary N) is 1. The molecule has 1 aromatic rings. The number of benzene rings is 1. The van der Waals surface area contributed by atoms with Gasteiger partial charge in [0.1, 0.15) is 0 Å². The summed E-state index contributed by atoms with van der Waals surface area (Å²) in [6, 6.07) is 7.86. The molecule has 2 rings (SSSR count). The van der Waals surface area contributed by atoms with Crippen LogP contribution in [0.5, 0.6) is 0 Å². The Morgan fingerprint density at radius 3 is 2.65 bits per heavy atom. The molecule has 2 N–H and O–H groups in total. The van der Waals surface area contributed by atoms with Crippen LogP contribution in [0, 0.1) is 0 Å². The van der Waals surface area contributed by atoms with Crippen molar-refractivity contribution in [2.75, 3.05) is 5.73 Å². The van der Waals surface area contributed by atoms with Crippen LogP contribution in [-0.2, 0) is 16.1 Å². The van der Waals surface area contributed by atoms with E-state index in [9.17, 15) is 0 Å². The summed E-state index contributed by atoms with van der Waals surface area (Å²) in [5.74, 6) is 0. The average Bonchev–Trinajstić information content (AvgIpc) is 2.25. The van der Waals surface area contributed by atoms with Gasteiger partial charge >= 0.3 is 0 Å². The van der Waals surface area contributed by atoms with E-state index in [2.05, 4.69) is 13.8 Å². The minimum atomic E-state index is 0.296. The van der Waals surface area contributed by atoms with Crippen molar-refractivity contribution < 1.29 is 9.47 Å². The molecule has 1 aliphatic heterocycles. The second-order valence-corrected chi connectivity index (χ2v) is 4.91. The molecule has 1 saturated heterocycles. The third kappa shape index (κ3) is 3.72. The molecule has 94 valence electrons. The van der Waals surface area contributed by atoms with Crippen LogP contribution < -0.4 is 5.73 Å². The number of hydrogen-bond acceptors (Lipinski definition) is 3. The number of hydrogen-bond donors (Lipinski definition) is 1. The van der Waals surface area contributed by atoms with Crippen LogP contribution in [0.3, 0.4) is 0 Å². The third-order valence-electron chi connectivity index (χ3n) is 3.09. The predicted octanol–water partition coefficient (Wildman–Crippen LogP) is 2.74. The van der Waals surface area contributed by atoms with Gasteiger partial charge in [0.2, 0.25) is 0 Å². The van der Waals surface area contributed by atoms with Gasteiger partial charge in [0.25, 0.3) is 0 Å². The summed E-state index contributed by atoms with van der Waals surface area (Å²) >= 11 is 0. The maximum Gasteiger partial charge on any atom is 0.0721 e. The van der Waals surface area contributed by atoms with Crippen LogP contribution in [-0.4, -0.2) is 18.3 Å². The van der Waals surface area contributed by atoms with E-state index in [1.807, 2.05) is 24.3 Å². The lowest BCUT2D eigenvalue weighted by molar-refractivity contribution is -0.106. The largest absolute Gasteiger partial charge is 0.399 e. The third-order valence-corrected chi connectivity index (χ3v) is 3.09. The minimum Gasteiger partial charge on any atom is -0.399 e. The molecule has 0 bridgehead atoms. The van der Waals surface area contributed by atoms with Crippen LogP contribution in [0.25, 0.3) is 0 Å². The lowest BCUT2D eigenvalue weighted by atomic mass is 10.0. The molecule has 3 nitrogen and oxygen atoms in total. The molecular formula is C14H21NO2. The average molecular weight is 235 g/mol. The summed E-state index contributed by atoms with van der Waals surface area (Å²) in [7, 11) is 0. The van der Waals surface area contributed by atoms with E-state index in [-0.39, 0.29) is 0 Å². The van der Waals surface area contributed by atoms with E-state index in [0.717, 1.165) is 24.1 Å². The topological polar surface area (TPSA) is 44.5 Å². The second-order valence-electron chi connectivity index (χ2n) is 4.91. The second kappa shape index (κ2) is 5.52. The Bertz CT molecular complexity index is 357. The first kappa shape index (κ1) is 12.4. The van der Waals surface area contributed by atoms with Crippen LogP contribution >= 0.6 is 0 Å². The summed E-state index contributed by atoms with van der Waals surface area (Å²) in [5, 5.41) is 0. The van der Waals surface area contributed by atoms with Crippen molar-refractivity contribution in [3.8, 4) is 0 Å². The molecule has 1 fully saturated rings. The zero-order valence-electron chi connectivity index (χ0n) is 10.6. The predicted molar refractivity (Wildman–Crippen MR) is 68.7 cm³/mol. The zero-order chi connectivity index (χ0) is 12.3. The molecule has 1 aromatic carbocycles. The van der Waals surface area contributed by atoms with Gasteiger partial charge in [-0.1, -0.05) is 12.1 Å². The van der Waals surface area contributed by atoms with Crippen molar-refractivity contribution in [2.45, 2.75) is 51.6 Å². The summed E-state index contributed by atoms with van der Waals surface area (Å²) in [4.78, 5) is 0. The van der Waals surface area contributed by atoms with E-state index < -0.39 is 0 Å². The number of anilines is 1. The van der Waals surface area contributed by atoms with E-state index in [4.69, 9.17) is 15.2 Å². The van der Waals surface area contributed by atoms with Gasteiger partial charge in [-0.05, 0) is 44.4 Å². The Balaban J connectivity index is 1.85. The lowest BCUT2D eigenvalue weighted by Crippen LogP contribution is -2.33. The molecule has 1 heterocycles. The van der Waals surface area contributed by atoms with Crippen LogP contribution in [0.15, 0.2) is 24.3 Å². The fourth-order valence-corrected chi connectivity index (χ4v) is 2.38. The summed E-state index contributed by atoms with van der Waals surface area (Å²) in [5.41, 5.74) is 7.66. The van der Waals surface area contributed by atoms with Crippen LogP contribution in [0.4, 0.5) is 5.69 Å². The minimum absolute atomic E-state index is 0.296. The first-order valence-corrected chi connectivity index (χ1v) is 6.25. The highest BCUT2D eigenvalue weighted by Crippen LogP contribution is 2.22. The molecule has 0 saturated carbocycles. The summed E-state index contributed by atoms with van der Waals surface area (Å²) in [6.07, 6.45) is 2.85. The number of nitrogen functional groups attached to an aromatic ring is 1. The molecule has 2 atom stereocenters. The Hall–Kier alpha value is -1.06. The molecule has 2 unspecified atom stereocenters. The normalized spacial score (nSPS) is 29.2. The van der Waals surface area contributed by atoms with E-state index in [1.54, 1.807) is 0 Å². The monoisotopic (exact) mass is 235 g/mol. The Morgan fingerprint density at radius 1 is 1.29 bits per heavy atom. The molecule has 0 radical (unpaired) electrons. The smallest absolute Gasteiger partial charge is 0.0721 e. The first-order valence-electron chi connectivity index (χ1n) is 6.25. The maximum atomic E-state index is 5.93. The van der Waals surface area contributed by atoms with E-state index >= 15 is 0 Å². The standard InChI is InChI=1S/C14H21NO2/c1-10-6-14(7-11(2)17-10)16-9-12-4-3-5-13(15)8-12/h3-5,8,10-11,14H,6-7,9,15H2,1-2H3. The van der Waals surface area contributed by atoms with Crippen molar-refractivity contribution in [3.05, 3.63) is 29.8 Å². The SMILES string of the molecule is CC1CC(OCc2cccc(N)c2)CC(C)O1. The Labute approximate surface area is 103 Å². The molecule has 1 aliphatic rings. The van der Waals surface area contributed by atoms with Crippen LogP contribution in [0.1, 0.15) is 32.3 Å². The summed E-state index contributed by atoms with van der Waals surface area (Å²) < 4.78 is 11.6. The highest BCUT2D eigenvalue weighted by atomic mass is 16.5. The molecule has 0 aliphatic carbocycles. The number of rotatable bonds is 3. The molecule has 3 heteroatoms. The fourth-order valence-electron chi connectivity index (χ4n) is 2.38. The van der Waals surface area contributed by atoms with E-state index in [1.165, 1.54) is 0 Å². The Morgan fingerprint density at radius 2 is 2.00 bits per heavy atom. The molecule has 0 amide bonds. The van der Waals surface area contributed by atoms with Gasteiger partial charge in [-0.15, -0.1) is 0 Å². The van der Waals surface area contributed by atoms with Gasteiger partial charge < -0.3 is 15.2 Å². The molecular weight excluding hydrogens is 214 g/mol. The molecule has 17 heavy (non-hydrogen) atoms. The highest BCUT2D eigenvalue weighted by molar-refractivity contribution is 5.40. The van der Waals surface area contributed by atoms with Crippen molar-refractivity contribution in [3.63, 3.8) is 0 Å². The first-order chi connectivity index (χ1) is 8.13. The van der Waals surface area contributed by atoms with Crippen molar-refractivity contribution in [2.24, 2.45) is 0 Å². The van der Waals surface area contributed by atoms with Gasteiger partial charge in [-0.25, -0.2) is 0 Å². The fraction of sp³-hybridized carbons (Fsp3) is 0.571.